The Balaban J connectivity index is 1.76. The molecule has 2 aliphatic carbocycles. The van der Waals surface area contributed by atoms with Gasteiger partial charge in [-0.2, -0.15) is 0 Å². The first-order valence-electron chi connectivity index (χ1n) is 10.5. The number of esters is 1. The van der Waals surface area contributed by atoms with Crippen molar-refractivity contribution in [3.8, 4) is 0 Å². The first-order chi connectivity index (χ1) is 11.8. The third-order valence-corrected chi connectivity index (χ3v) is 7.55. The molecule has 0 aromatic rings. The van der Waals surface area contributed by atoms with Crippen LogP contribution in [-0.4, -0.2) is 17.4 Å². The molecule has 3 heteroatoms. The van der Waals surface area contributed by atoms with Crippen molar-refractivity contribution in [3.63, 3.8) is 0 Å². The summed E-state index contributed by atoms with van der Waals surface area (Å²) < 4.78 is 35.6. The number of carbonyl (C=O) groups is 1. The fourth-order valence-electron chi connectivity index (χ4n) is 6.57. The largest absolute Gasteiger partial charge is 0.426 e. The van der Waals surface area contributed by atoms with E-state index in [1.165, 1.54) is 12.8 Å². The van der Waals surface area contributed by atoms with Gasteiger partial charge in [0.25, 0.3) is 0 Å². The van der Waals surface area contributed by atoms with Gasteiger partial charge in [-0.05, 0) is 56.2 Å². The summed E-state index contributed by atoms with van der Waals surface area (Å²) in [6, 6.07) is 0. The molecule has 0 radical (unpaired) electrons. The summed E-state index contributed by atoms with van der Waals surface area (Å²) in [5.41, 5.74) is -0.0688. The molecule has 0 aromatic heterocycles. The lowest BCUT2D eigenvalue weighted by atomic mass is 9.45. The Bertz CT molecular complexity index is 682. The van der Waals surface area contributed by atoms with Crippen LogP contribution in [0.3, 0.4) is 0 Å². The van der Waals surface area contributed by atoms with E-state index in [4.69, 9.17) is 13.6 Å². The SMILES string of the molecule is [2H]C([2H])([2H])C1=CC(=O)O[C@@]12C[C@@H]1[C@@]3(C)CCCC(C)(C)[C@@H]3CC[C@@]1(C)O2. The van der Waals surface area contributed by atoms with Gasteiger partial charge in [-0.15, -0.1) is 0 Å². The van der Waals surface area contributed by atoms with E-state index in [9.17, 15) is 4.79 Å². The number of hydrogen-bond donors (Lipinski definition) is 0. The highest BCUT2D eigenvalue weighted by Gasteiger charge is 2.67. The summed E-state index contributed by atoms with van der Waals surface area (Å²) in [5.74, 6) is -1.23. The fraction of sp³-hybridized carbons (Fsp3) is 0.850. The van der Waals surface area contributed by atoms with Crippen molar-refractivity contribution in [2.24, 2.45) is 22.7 Å². The van der Waals surface area contributed by atoms with Crippen LogP contribution in [0.25, 0.3) is 0 Å². The minimum atomic E-state index is -2.39. The first-order valence-corrected chi connectivity index (χ1v) is 8.98. The maximum Gasteiger partial charge on any atom is 0.333 e. The Hall–Kier alpha value is -0.830. The average Bonchev–Trinajstić information content (AvgIpc) is 2.95. The van der Waals surface area contributed by atoms with Crippen molar-refractivity contribution in [1.29, 1.82) is 0 Å². The third-order valence-electron chi connectivity index (χ3n) is 7.55. The van der Waals surface area contributed by atoms with Gasteiger partial charge in [0.05, 0.1) is 5.60 Å². The Morgan fingerprint density at radius 2 is 1.96 bits per heavy atom. The first kappa shape index (κ1) is 12.5. The van der Waals surface area contributed by atoms with Gasteiger partial charge in [0.1, 0.15) is 0 Å². The summed E-state index contributed by atoms with van der Waals surface area (Å²) in [4.78, 5) is 12.0. The molecule has 3 nitrogen and oxygen atoms in total. The van der Waals surface area contributed by atoms with Crippen LogP contribution in [0, 0.1) is 22.7 Å². The minimum absolute atomic E-state index is 0.0286. The zero-order chi connectivity index (χ0) is 19.2. The van der Waals surface area contributed by atoms with E-state index in [-0.39, 0.29) is 22.3 Å². The van der Waals surface area contributed by atoms with Crippen LogP contribution in [0.4, 0.5) is 0 Å². The molecular weight excluding hydrogens is 288 g/mol. The van der Waals surface area contributed by atoms with Gasteiger partial charge in [0.15, 0.2) is 0 Å². The van der Waals surface area contributed by atoms with E-state index >= 15 is 0 Å². The number of carbonyl (C=O) groups excluding carboxylic acids is 1. The van der Waals surface area contributed by atoms with Crippen LogP contribution >= 0.6 is 0 Å². The predicted octanol–water partition coefficient (Wildman–Crippen LogP) is 4.61. The maximum absolute atomic E-state index is 12.0. The van der Waals surface area contributed by atoms with E-state index in [0.717, 1.165) is 25.3 Å². The molecule has 4 aliphatic rings. The minimum Gasteiger partial charge on any atom is -0.426 e. The second-order valence-corrected chi connectivity index (χ2v) is 9.34. The van der Waals surface area contributed by atoms with Gasteiger partial charge < -0.3 is 9.47 Å². The monoisotopic (exact) mass is 321 g/mol. The summed E-state index contributed by atoms with van der Waals surface area (Å²) in [7, 11) is 0. The number of ether oxygens (including phenoxy) is 2. The van der Waals surface area contributed by atoms with Crippen molar-refractivity contribution < 1.29 is 18.4 Å². The van der Waals surface area contributed by atoms with Crippen LogP contribution in [0.1, 0.15) is 77.2 Å². The van der Waals surface area contributed by atoms with Gasteiger partial charge in [0.2, 0.25) is 5.79 Å². The van der Waals surface area contributed by atoms with E-state index in [0.29, 0.717) is 12.3 Å². The van der Waals surface area contributed by atoms with Gasteiger partial charge in [-0.1, -0.05) is 27.2 Å². The molecule has 0 bridgehead atoms. The van der Waals surface area contributed by atoms with Crippen LogP contribution in [-0.2, 0) is 14.3 Å². The summed E-state index contributed by atoms with van der Waals surface area (Å²) in [5, 5.41) is 0. The van der Waals surface area contributed by atoms with Crippen molar-refractivity contribution in [1.82, 2.24) is 0 Å². The Labute approximate surface area is 144 Å². The normalized spacial score (nSPS) is 53.7. The lowest BCUT2D eigenvalue weighted by molar-refractivity contribution is -0.226. The molecule has 0 aromatic carbocycles. The third kappa shape index (κ3) is 1.95. The summed E-state index contributed by atoms with van der Waals surface area (Å²) in [6.45, 7) is 6.80. The molecule has 5 atom stereocenters. The molecular formula is C20H30O3. The highest BCUT2D eigenvalue weighted by atomic mass is 16.7. The zero-order valence-electron chi connectivity index (χ0n) is 17.7. The number of rotatable bonds is 0. The van der Waals surface area contributed by atoms with E-state index < -0.39 is 24.2 Å². The molecule has 3 fully saturated rings. The second-order valence-electron chi connectivity index (χ2n) is 9.34. The molecule has 4 rings (SSSR count). The van der Waals surface area contributed by atoms with Crippen molar-refractivity contribution in [2.45, 2.75) is 84.5 Å². The lowest BCUT2D eigenvalue weighted by Gasteiger charge is -2.60. The molecule has 128 valence electrons. The van der Waals surface area contributed by atoms with Crippen molar-refractivity contribution in [2.75, 3.05) is 0 Å². The fourth-order valence-corrected chi connectivity index (χ4v) is 6.57. The summed E-state index contributed by atoms with van der Waals surface area (Å²) >= 11 is 0. The zero-order valence-corrected chi connectivity index (χ0v) is 14.7. The van der Waals surface area contributed by atoms with E-state index in [2.05, 4.69) is 27.7 Å². The highest BCUT2D eigenvalue weighted by Crippen LogP contribution is 2.68. The Morgan fingerprint density at radius 1 is 1.17 bits per heavy atom. The van der Waals surface area contributed by atoms with Gasteiger partial charge in [0, 0.05) is 28.1 Å². The van der Waals surface area contributed by atoms with Crippen LogP contribution in [0.2, 0.25) is 0 Å². The molecule has 2 heterocycles. The molecule has 0 N–H and O–H groups in total. The van der Waals surface area contributed by atoms with Gasteiger partial charge in [-0.25, -0.2) is 4.79 Å². The van der Waals surface area contributed by atoms with Crippen LogP contribution in [0.15, 0.2) is 11.6 Å². The molecule has 1 saturated heterocycles. The Kier molecular flexibility index (Phi) is 2.40. The van der Waals surface area contributed by atoms with Crippen molar-refractivity contribution >= 4 is 5.97 Å². The van der Waals surface area contributed by atoms with E-state index in [1.54, 1.807) is 0 Å². The van der Waals surface area contributed by atoms with Crippen LogP contribution < -0.4 is 0 Å². The molecule has 2 saturated carbocycles. The molecule has 2 aliphatic heterocycles. The molecule has 0 unspecified atom stereocenters. The van der Waals surface area contributed by atoms with Crippen molar-refractivity contribution in [3.05, 3.63) is 11.6 Å². The van der Waals surface area contributed by atoms with Gasteiger partial charge in [-0.3, -0.25) is 0 Å². The molecule has 23 heavy (non-hydrogen) atoms. The van der Waals surface area contributed by atoms with Crippen LogP contribution in [0.5, 0.6) is 0 Å². The second kappa shape index (κ2) is 4.41. The quantitative estimate of drug-likeness (QED) is 0.611. The lowest BCUT2D eigenvalue weighted by Crippen LogP contribution is -2.55. The topological polar surface area (TPSA) is 35.5 Å². The molecule has 0 amide bonds. The Morgan fingerprint density at radius 3 is 2.70 bits per heavy atom. The number of hydrogen-bond acceptors (Lipinski definition) is 3. The maximum atomic E-state index is 12.0. The average molecular weight is 321 g/mol. The van der Waals surface area contributed by atoms with Gasteiger partial charge >= 0.3 is 5.97 Å². The number of fused-ring (bicyclic) bond motifs is 3. The smallest absolute Gasteiger partial charge is 0.333 e. The van der Waals surface area contributed by atoms with E-state index in [1.807, 2.05) is 0 Å². The predicted molar refractivity (Wildman–Crippen MR) is 88.6 cm³/mol. The standard InChI is InChI=1S/C20H30O3/c1-13-11-16(21)22-20(13)12-15-18(4)9-6-8-17(2,3)14(18)7-10-19(15,5)23-20/h11,14-15H,6-10,12H2,1-5H3/t14-,15+,18-,19+,20+/m0/s1/i1D3. The molecule has 1 spiro atoms. The highest BCUT2D eigenvalue weighted by molar-refractivity contribution is 5.86. The summed E-state index contributed by atoms with van der Waals surface area (Å²) in [6.07, 6.45) is 7.10.